The molecule has 0 aliphatic carbocycles. The lowest BCUT2D eigenvalue weighted by Gasteiger charge is -2.43. The van der Waals surface area contributed by atoms with Crippen molar-refractivity contribution >= 4 is 8.32 Å². The largest absolute Gasteiger partial charge is 0.413 e. The van der Waals surface area contributed by atoms with Crippen molar-refractivity contribution in [2.24, 2.45) is 0 Å². The molecular formula is C18H31NO2Si. The van der Waals surface area contributed by atoms with Gasteiger partial charge in [0.25, 0.3) is 0 Å². The molecule has 1 N–H and O–H groups in total. The first-order valence-corrected chi connectivity index (χ1v) is 11.2. The number of benzene rings is 1. The topological polar surface area (TPSA) is 32.7 Å². The maximum atomic E-state index is 10.2. The molecule has 1 unspecified atom stereocenters. The summed E-state index contributed by atoms with van der Waals surface area (Å²) in [6.07, 6.45) is 0.623. The van der Waals surface area contributed by atoms with E-state index < -0.39 is 8.32 Å². The highest BCUT2D eigenvalue weighted by atomic mass is 28.4. The molecule has 1 saturated heterocycles. The van der Waals surface area contributed by atoms with E-state index in [0.29, 0.717) is 0 Å². The van der Waals surface area contributed by atoms with E-state index in [9.17, 15) is 5.11 Å². The Morgan fingerprint density at radius 3 is 2.41 bits per heavy atom. The predicted molar refractivity (Wildman–Crippen MR) is 94.4 cm³/mol. The number of nitrogens with zero attached hydrogens (tertiary/aromatic N) is 1. The molecule has 0 radical (unpaired) electrons. The number of piperidine rings is 1. The molecule has 1 fully saturated rings. The quantitative estimate of drug-likeness (QED) is 0.859. The van der Waals surface area contributed by atoms with Crippen molar-refractivity contribution in [1.29, 1.82) is 0 Å². The van der Waals surface area contributed by atoms with E-state index in [1.807, 2.05) is 6.07 Å². The molecular weight excluding hydrogens is 290 g/mol. The number of aliphatic hydroxyl groups is 1. The lowest BCUT2D eigenvalue weighted by Crippen LogP contribution is -2.52. The Morgan fingerprint density at radius 1 is 1.18 bits per heavy atom. The molecule has 124 valence electrons. The van der Waals surface area contributed by atoms with Gasteiger partial charge in [0.2, 0.25) is 0 Å². The highest BCUT2D eigenvalue weighted by Crippen LogP contribution is 2.38. The average Bonchev–Trinajstić information content (AvgIpc) is 2.37. The maximum absolute atomic E-state index is 10.2. The zero-order valence-corrected chi connectivity index (χ0v) is 15.7. The van der Waals surface area contributed by atoms with E-state index in [0.717, 1.165) is 26.1 Å². The molecule has 0 bridgehead atoms. The van der Waals surface area contributed by atoms with Crippen LogP contribution in [0.15, 0.2) is 30.3 Å². The summed E-state index contributed by atoms with van der Waals surface area (Å²) in [6, 6.07) is 10.5. The molecule has 2 rings (SSSR count). The van der Waals surface area contributed by atoms with Crippen molar-refractivity contribution in [3.8, 4) is 0 Å². The highest BCUT2D eigenvalue weighted by molar-refractivity contribution is 6.74. The van der Waals surface area contributed by atoms with Gasteiger partial charge in [-0.2, -0.15) is 0 Å². The van der Waals surface area contributed by atoms with Gasteiger partial charge in [-0.15, -0.1) is 0 Å². The van der Waals surface area contributed by atoms with Crippen LogP contribution < -0.4 is 0 Å². The van der Waals surface area contributed by atoms with Crippen LogP contribution in [0.2, 0.25) is 18.1 Å². The summed E-state index contributed by atoms with van der Waals surface area (Å²) in [5, 5.41) is 10.4. The third-order valence-electron chi connectivity index (χ3n) is 4.98. The maximum Gasteiger partial charge on any atom is 0.192 e. The van der Waals surface area contributed by atoms with E-state index in [1.165, 1.54) is 5.56 Å². The van der Waals surface area contributed by atoms with Crippen LogP contribution in [0.1, 0.15) is 32.8 Å². The van der Waals surface area contributed by atoms with Crippen LogP contribution in [0.25, 0.3) is 0 Å². The van der Waals surface area contributed by atoms with E-state index in [-0.39, 0.29) is 17.2 Å². The molecule has 3 nitrogen and oxygen atoms in total. The van der Waals surface area contributed by atoms with Crippen molar-refractivity contribution in [2.45, 2.75) is 64.1 Å². The van der Waals surface area contributed by atoms with Gasteiger partial charge < -0.3 is 9.53 Å². The number of likely N-dealkylation sites (tertiary alicyclic amines) is 1. The van der Waals surface area contributed by atoms with Crippen molar-refractivity contribution in [3.63, 3.8) is 0 Å². The summed E-state index contributed by atoms with van der Waals surface area (Å²) >= 11 is 0. The van der Waals surface area contributed by atoms with Crippen LogP contribution in [-0.2, 0) is 11.0 Å². The first-order chi connectivity index (χ1) is 10.2. The summed E-state index contributed by atoms with van der Waals surface area (Å²) in [6.45, 7) is 13.9. The average molecular weight is 322 g/mol. The second-order valence-electron chi connectivity index (χ2n) is 8.07. The van der Waals surface area contributed by atoms with E-state index >= 15 is 0 Å². The minimum atomic E-state index is -1.78. The molecule has 22 heavy (non-hydrogen) atoms. The highest BCUT2D eigenvalue weighted by Gasteiger charge is 2.40. The van der Waals surface area contributed by atoms with Crippen LogP contribution in [0.4, 0.5) is 0 Å². The third kappa shape index (κ3) is 4.65. The van der Waals surface area contributed by atoms with Crippen molar-refractivity contribution in [1.82, 2.24) is 4.90 Å². The molecule has 1 aromatic rings. The Bertz CT molecular complexity index is 470. The van der Waals surface area contributed by atoms with Crippen LogP contribution >= 0.6 is 0 Å². The zero-order chi connectivity index (χ0) is 16.4. The fourth-order valence-electron chi connectivity index (χ4n) is 2.76. The summed E-state index contributed by atoms with van der Waals surface area (Å²) in [5.41, 5.74) is 1.29. The van der Waals surface area contributed by atoms with Gasteiger partial charge in [0.15, 0.2) is 8.32 Å². The van der Waals surface area contributed by atoms with E-state index in [4.69, 9.17) is 4.43 Å². The van der Waals surface area contributed by atoms with Gasteiger partial charge in [0, 0.05) is 26.1 Å². The molecule has 1 aliphatic rings. The smallest absolute Gasteiger partial charge is 0.192 e. The normalized spacial score (nSPS) is 24.5. The molecule has 0 amide bonds. The molecule has 0 saturated carbocycles. The second-order valence-corrected chi connectivity index (χ2v) is 12.8. The predicted octanol–water partition coefficient (Wildman–Crippen LogP) is 3.64. The molecule has 0 aromatic heterocycles. The Kier molecular flexibility index (Phi) is 5.48. The minimum absolute atomic E-state index is 0.147. The first kappa shape index (κ1) is 17.7. The van der Waals surface area contributed by atoms with E-state index in [1.54, 1.807) is 0 Å². The van der Waals surface area contributed by atoms with Gasteiger partial charge in [-0.3, -0.25) is 4.90 Å². The lowest BCUT2D eigenvalue weighted by molar-refractivity contribution is -0.00567. The van der Waals surface area contributed by atoms with Gasteiger partial charge in [-0.1, -0.05) is 51.1 Å². The summed E-state index contributed by atoms with van der Waals surface area (Å²) in [4.78, 5) is 2.32. The number of aliphatic hydroxyl groups excluding tert-OH is 1. The first-order valence-electron chi connectivity index (χ1n) is 8.29. The van der Waals surface area contributed by atoms with Crippen LogP contribution in [0.5, 0.6) is 0 Å². The number of hydrogen-bond donors (Lipinski definition) is 1. The Balaban J connectivity index is 1.99. The van der Waals surface area contributed by atoms with Crippen molar-refractivity contribution < 1.29 is 9.53 Å². The van der Waals surface area contributed by atoms with Gasteiger partial charge in [-0.05, 0) is 23.7 Å². The molecule has 0 spiro atoms. The minimum Gasteiger partial charge on any atom is -0.413 e. The third-order valence-corrected chi connectivity index (χ3v) is 9.52. The van der Waals surface area contributed by atoms with Gasteiger partial charge in [-0.25, -0.2) is 0 Å². The number of rotatable bonds is 4. The molecule has 2 atom stereocenters. The fraction of sp³-hybridized carbons (Fsp3) is 0.667. The summed E-state index contributed by atoms with van der Waals surface area (Å²) < 4.78 is 6.52. The number of β-amino-alcohol motifs (C(OH)–C–C–N with tert-alkyl or cyclic N) is 1. The molecule has 4 heteroatoms. The van der Waals surface area contributed by atoms with Gasteiger partial charge in [0.05, 0.1) is 12.2 Å². The van der Waals surface area contributed by atoms with Gasteiger partial charge >= 0.3 is 0 Å². The van der Waals surface area contributed by atoms with Crippen LogP contribution in [0, 0.1) is 0 Å². The summed E-state index contributed by atoms with van der Waals surface area (Å²) in [5.74, 6) is 0. The Hall–Kier alpha value is -0.683. The molecule has 1 aliphatic heterocycles. The monoisotopic (exact) mass is 321 g/mol. The van der Waals surface area contributed by atoms with E-state index in [2.05, 4.69) is 63.0 Å². The van der Waals surface area contributed by atoms with Gasteiger partial charge in [0.1, 0.15) is 0 Å². The fourth-order valence-corrected chi connectivity index (χ4v) is 4.12. The second kappa shape index (κ2) is 6.83. The lowest BCUT2D eigenvalue weighted by atomic mass is 10.0. The van der Waals surface area contributed by atoms with Crippen LogP contribution in [-0.4, -0.2) is 43.6 Å². The summed E-state index contributed by atoms with van der Waals surface area (Å²) in [7, 11) is -1.78. The van der Waals surface area contributed by atoms with Crippen molar-refractivity contribution in [2.75, 3.05) is 13.1 Å². The number of hydrogen-bond acceptors (Lipinski definition) is 3. The Morgan fingerprint density at radius 2 is 1.82 bits per heavy atom. The molecule has 1 aromatic carbocycles. The van der Waals surface area contributed by atoms with Crippen molar-refractivity contribution in [3.05, 3.63) is 35.9 Å². The Labute approximate surface area is 136 Å². The molecule has 1 heterocycles. The SMILES string of the molecule is CC(C)(C)[Si](C)(C)OC1C[C@@H](O)CN(Cc2ccccc2)C1. The zero-order valence-electron chi connectivity index (χ0n) is 14.7. The standard InChI is InChI=1S/C18H31NO2Si/c1-18(2,3)22(4,5)21-17-11-16(20)13-19(14-17)12-15-9-7-6-8-10-15/h6-10,16-17,20H,11-14H2,1-5H3/t16-,17?/m1/s1. The van der Waals surface area contributed by atoms with Crippen LogP contribution in [0.3, 0.4) is 0 Å².